The van der Waals surface area contributed by atoms with Crippen molar-refractivity contribution in [2.75, 3.05) is 0 Å². The van der Waals surface area contributed by atoms with E-state index in [-0.39, 0.29) is 11.3 Å². The number of hydrogen-bond acceptors (Lipinski definition) is 6. The molecule has 3 aromatic rings. The highest BCUT2D eigenvalue weighted by atomic mass is 19.3. The Morgan fingerprint density at radius 2 is 1.92 bits per heavy atom. The number of nitrogens with zero attached hydrogens (tertiary/aromatic N) is 5. The normalized spacial score (nSPS) is 16.0. The molecule has 0 radical (unpaired) electrons. The zero-order chi connectivity index (χ0) is 17.3. The Labute approximate surface area is 142 Å². The monoisotopic (exact) mass is 343 g/mol. The minimum absolute atomic E-state index is 0.00698. The fourth-order valence-corrected chi connectivity index (χ4v) is 3.15. The van der Waals surface area contributed by atoms with E-state index in [4.69, 9.17) is 4.42 Å². The summed E-state index contributed by atoms with van der Waals surface area (Å²) in [5.74, 6) is -0.0163. The van der Waals surface area contributed by atoms with Gasteiger partial charge in [-0.2, -0.15) is 8.78 Å². The lowest BCUT2D eigenvalue weighted by Gasteiger charge is -2.41. The lowest BCUT2D eigenvalue weighted by Crippen LogP contribution is -2.37. The van der Waals surface area contributed by atoms with Crippen LogP contribution in [0.1, 0.15) is 43.0 Å². The van der Waals surface area contributed by atoms with Crippen molar-refractivity contribution in [1.29, 1.82) is 0 Å². The molecule has 0 spiro atoms. The van der Waals surface area contributed by atoms with E-state index in [1.165, 1.54) is 24.4 Å². The van der Waals surface area contributed by atoms with Gasteiger partial charge in [0.2, 0.25) is 0 Å². The van der Waals surface area contributed by atoms with Crippen LogP contribution in [-0.4, -0.2) is 25.1 Å². The summed E-state index contributed by atoms with van der Waals surface area (Å²) in [6.45, 7) is 0. The molecule has 4 rings (SSSR count). The van der Waals surface area contributed by atoms with Crippen LogP contribution in [0.15, 0.2) is 41.3 Å². The van der Waals surface area contributed by atoms with Crippen LogP contribution in [0.4, 0.5) is 8.78 Å². The van der Waals surface area contributed by atoms with Gasteiger partial charge in [-0.05, 0) is 24.5 Å². The molecule has 0 N–H and O–H groups in total. The summed E-state index contributed by atoms with van der Waals surface area (Å²) >= 11 is 0. The molecule has 0 bridgehead atoms. The molecule has 8 heteroatoms. The molecule has 0 unspecified atom stereocenters. The summed E-state index contributed by atoms with van der Waals surface area (Å²) in [5.41, 5.74) is 1.66. The van der Waals surface area contributed by atoms with Gasteiger partial charge in [-0.15, -0.1) is 10.2 Å². The van der Waals surface area contributed by atoms with Gasteiger partial charge in [0.15, 0.2) is 0 Å². The smallest absolute Gasteiger partial charge is 0.314 e. The molecule has 25 heavy (non-hydrogen) atoms. The van der Waals surface area contributed by atoms with Gasteiger partial charge in [-0.1, -0.05) is 12.5 Å². The third kappa shape index (κ3) is 2.99. The Kier molecular flexibility index (Phi) is 3.95. The van der Waals surface area contributed by atoms with E-state index in [1.807, 2.05) is 12.3 Å². The van der Waals surface area contributed by atoms with Gasteiger partial charge >= 0.3 is 6.43 Å². The largest absolute Gasteiger partial charge is 0.415 e. The molecule has 0 aliphatic heterocycles. The SMILES string of the molecule is FC(F)c1nnc(-c2cnc(CC3(c4cccnc4)CCC3)nc2)o1. The van der Waals surface area contributed by atoms with Gasteiger partial charge in [0, 0.05) is 36.6 Å². The van der Waals surface area contributed by atoms with E-state index in [0.29, 0.717) is 17.8 Å². The number of hydrogen-bond donors (Lipinski definition) is 0. The summed E-state index contributed by atoms with van der Waals surface area (Å²) < 4.78 is 30.0. The predicted octanol–water partition coefficient (Wildman–Crippen LogP) is 3.52. The van der Waals surface area contributed by atoms with Crippen LogP contribution in [0.25, 0.3) is 11.5 Å². The molecule has 1 aliphatic carbocycles. The van der Waals surface area contributed by atoms with Crippen LogP contribution in [-0.2, 0) is 11.8 Å². The zero-order valence-electron chi connectivity index (χ0n) is 13.3. The molecule has 1 saturated carbocycles. The van der Waals surface area contributed by atoms with Crippen LogP contribution in [0.3, 0.4) is 0 Å². The third-order valence-electron chi connectivity index (χ3n) is 4.66. The Balaban J connectivity index is 1.54. The van der Waals surface area contributed by atoms with Crippen LogP contribution in [0, 0.1) is 0 Å². The first kappa shape index (κ1) is 15.7. The topological polar surface area (TPSA) is 77.6 Å². The minimum Gasteiger partial charge on any atom is -0.415 e. The summed E-state index contributed by atoms with van der Waals surface area (Å²) in [5, 5.41) is 6.91. The van der Waals surface area contributed by atoms with E-state index >= 15 is 0 Å². The molecule has 0 atom stereocenters. The van der Waals surface area contributed by atoms with Crippen LogP contribution in [0.2, 0.25) is 0 Å². The maximum Gasteiger partial charge on any atom is 0.314 e. The second-order valence-corrected chi connectivity index (χ2v) is 6.19. The molecule has 0 saturated heterocycles. The van der Waals surface area contributed by atoms with Crippen molar-refractivity contribution in [3.63, 3.8) is 0 Å². The highest BCUT2D eigenvalue weighted by Gasteiger charge is 2.39. The number of halogens is 2. The number of pyridine rings is 1. The maximum atomic E-state index is 12.5. The van der Waals surface area contributed by atoms with Gasteiger partial charge in [-0.25, -0.2) is 9.97 Å². The first-order valence-corrected chi connectivity index (χ1v) is 8.00. The summed E-state index contributed by atoms with van der Waals surface area (Å²) in [6.07, 6.45) is 7.96. The molecule has 0 aromatic carbocycles. The molecule has 0 amide bonds. The number of rotatable bonds is 5. The van der Waals surface area contributed by atoms with E-state index in [0.717, 1.165) is 12.8 Å². The zero-order valence-corrected chi connectivity index (χ0v) is 13.3. The highest BCUT2D eigenvalue weighted by Crippen LogP contribution is 2.45. The molecule has 128 valence electrons. The average Bonchev–Trinajstić information content (AvgIpc) is 3.10. The average molecular weight is 343 g/mol. The third-order valence-corrected chi connectivity index (χ3v) is 4.66. The quantitative estimate of drug-likeness (QED) is 0.705. The summed E-state index contributed by atoms with van der Waals surface area (Å²) in [7, 11) is 0. The van der Waals surface area contributed by atoms with E-state index in [1.54, 1.807) is 6.20 Å². The van der Waals surface area contributed by atoms with Crippen molar-refractivity contribution in [2.45, 2.75) is 37.5 Å². The molecule has 1 fully saturated rings. The van der Waals surface area contributed by atoms with Crippen molar-refractivity contribution in [2.24, 2.45) is 0 Å². The first-order valence-electron chi connectivity index (χ1n) is 8.00. The second kappa shape index (κ2) is 6.27. The van der Waals surface area contributed by atoms with Gasteiger partial charge in [0.1, 0.15) is 5.82 Å². The molecular formula is C17H15F2N5O. The van der Waals surface area contributed by atoms with Gasteiger partial charge in [0.05, 0.1) is 5.56 Å². The standard InChI is InChI=1S/C17H15F2N5O/c18-14(19)16-24-23-15(25-16)11-8-21-13(22-9-11)7-17(4-2-5-17)12-3-1-6-20-10-12/h1,3,6,8-10,14H,2,4-5,7H2. The Morgan fingerprint density at radius 1 is 1.12 bits per heavy atom. The van der Waals surface area contributed by atoms with Gasteiger partial charge < -0.3 is 4.42 Å². The van der Waals surface area contributed by atoms with Crippen molar-refractivity contribution in [1.82, 2.24) is 25.1 Å². The van der Waals surface area contributed by atoms with E-state index in [2.05, 4.69) is 31.2 Å². The minimum atomic E-state index is -2.79. The van der Waals surface area contributed by atoms with Crippen LogP contribution < -0.4 is 0 Å². The Bertz CT molecular complexity index is 847. The van der Waals surface area contributed by atoms with Gasteiger partial charge in [0.25, 0.3) is 11.8 Å². The Hall–Kier alpha value is -2.77. The van der Waals surface area contributed by atoms with Crippen LogP contribution >= 0.6 is 0 Å². The maximum absolute atomic E-state index is 12.5. The molecule has 6 nitrogen and oxygen atoms in total. The predicted molar refractivity (Wildman–Crippen MR) is 83.8 cm³/mol. The first-order chi connectivity index (χ1) is 12.2. The summed E-state index contributed by atoms with van der Waals surface area (Å²) in [6, 6.07) is 4.03. The fourth-order valence-electron chi connectivity index (χ4n) is 3.15. The molecule has 1 aliphatic rings. The lowest BCUT2D eigenvalue weighted by molar-refractivity contribution is 0.116. The lowest BCUT2D eigenvalue weighted by atomic mass is 9.63. The summed E-state index contributed by atoms with van der Waals surface area (Å²) in [4.78, 5) is 12.9. The second-order valence-electron chi connectivity index (χ2n) is 6.19. The van der Waals surface area contributed by atoms with Crippen molar-refractivity contribution >= 4 is 0 Å². The van der Waals surface area contributed by atoms with Crippen molar-refractivity contribution in [3.8, 4) is 11.5 Å². The number of alkyl halides is 2. The number of aromatic nitrogens is 5. The van der Waals surface area contributed by atoms with Crippen molar-refractivity contribution < 1.29 is 13.2 Å². The molecule has 3 heterocycles. The fraction of sp³-hybridized carbons (Fsp3) is 0.353. The molecule has 3 aromatic heterocycles. The van der Waals surface area contributed by atoms with E-state index < -0.39 is 12.3 Å². The van der Waals surface area contributed by atoms with Gasteiger partial charge in [-0.3, -0.25) is 4.98 Å². The highest BCUT2D eigenvalue weighted by molar-refractivity contribution is 5.48. The van der Waals surface area contributed by atoms with Crippen LogP contribution in [0.5, 0.6) is 0 Å². The molecular weight excluding hydrogens is 328 g/mol. The Morgan fingerprint density at radius 3 is 2.48 bits per heavy atom. The van der Waals surface area contributed by atoms with E-state index in [9.17, 15) is 8.78 Å². The van der Waals surface area contributed by atoms with Crippen molar-refractivity contribution in [3.05, 3.63) is 54.2 Å².